The fourth-order valence-electron chi connectivity index (χ4n) is 2.29. The lowest BCUT2D eigenvalue weighted by molar-refractivity contribution is 0.102. The summed E-state index contributed by atoms with van der Waals surface area (Å²) in [4.78, 5) is 12.3. The molecular weight excluding hydrogens is 330 g/mol. The molecule has 2 aromatic carbocycles. The van der Waals surface area contributed by atoms with Crippen molar-refractivity contribution < 1.29 is 14.2 Å². The average Bonchev–Trinajstić information content (AvgIpc) is 3.02. The molecule has 0 bridgehead atoms. The van der Waals surface area contributed by atoms with Crippen LogP contribution in [0.25, 0.3) is 11.3 Å². The van der Waals surface area contributed by atoms with E-state index in [1.807, 2.05) is 19.1 Å². The summed E-state index contributed by atoms with van der Waals surface area (Å²) in [5, 5.41) is 10.9. The normalized spacial score (nSPS) is 10.5. The molecule has 0 spiro atoms. The summed E-state index contributed by atoms with van der Waals surface area (Å²) in [5.41, 5.74) is 2.58. The number of carbonyl (C=O) groups excluding carboxylic acids is 1. The van der Waals surface area contributed by atoms with E-state index < -0.39 is 0 Å². The third-order valence-electron chi connectivity index (χ3n) is 3.50. The number of methoxy groups -OCH3 is 1. The molecule has 0 aliphatic carbocycles. The van der Waals surface area contributed by atoms with Crippen LogP contribution in [0.15, 0.2) is 47.1 Å². The molecule has 3 aromatic rings. The average molecular weight is 344 g/mol. The van der Waals surface area contributed by atoms with Gasteiger partial charge in [0.2, 0.25) is 5.82 Å². The van der Waals surface area contributed by atoms with Crippen LogP contribution in [0.5, 0.6) is 5.75 Å². The van der Waals surface area contributed by atoms with Crippen LogP contribution in [0.1, 0.15) is 15.9 Å². The number of rotatable bonds is 4. The molecule has 1 N–H and O–H groups in total. The van der Waals surface area contributed by atoms with Gasteiger partial charge in [0, 0.05) is 16.1 Å². The molecule has 1 heterocycles. The summed E-state index contributed by atoms with van der Waals surface area (Å²) in [6.07, 6.45) is 0. The number of amides is 1. The minimum absolute atomic E-state index is 0.244. The largest absolute Gasteiger partial charge is 0.497 e. The fraction of sp³-hybridized carbons (Fsp3) is 0.118. The van der Waals surface area contributed by atoms with Gasteiger partial charge in [0.05, 0.1) is 7.11 Å². The van der Waals surface area contributed by atoms with Crippen LogP contribution in [0.4, 0.5) is 5.82 Å². The molecule has 0 saturated heterocycles. The van der Waals surface area contributed by atoms with Gasteiger partial charge in [-0.15, -0.1) is 0 Å². The zero-order chi connectivity index (χ0) is 17.1. The van der Waals surface area contributed by atoms with E-state index in [-0.39, 0.29) is 11.7 Å². The third kappa shape index (κ3) is 3.23. The van der Waals surface area contributed by atoms with Gasteiger partial charge in [-0.1, -0.05) is 17.7 Å². The Hall–Kier alpha value is -2.86. The van der Waals surface area contributed by atoms with Gasteiger partial charge in [0.25, 0.3) is 5.91 Å². The highest BCUT2D eigenvalue weighted by Gasteiger charge is 2.18. The Labute approximate surface area is 143 Å². The van der Waals surface area contributed by atoms with E-state index >= 15 is 0 Å². The third-order valence-corrected chi connectivity index (χ3v) is 3.73. The number of aryl methyl sites for hydroxylation is 1. The highest BCUT2D eigenvalue weighted by Crippen LogP contribution is 2.30. The minimum Gasteiger partial charge on any atom is -0.497 e. The number of hydrogen-bond acceptors (Lipinski definition) is 5. The summed E-state index contributed by atoms with van der Waals surface area (Å²) < 4.78 is 9.99. The van der Waals surface area contributed by atoms with Crippen LogP contribution >= 0.6 is 11.6 Å². The van der Waals surface area contributed by atoms with Gasteiger partial charge in [-0.05, 0) is 59.2 Å². The molecular formula is C17H14ClN3O3. The second kappa shape index (κ2) is 6.72. The molecule has 0 radical (unpaired) electrons. The maximum absolute atomic E-state index is 12.3. The molecule has 0 atom stereocenters. The van der Waals surface area contributed by atoms with Gasteiger partial charge in [-0.3, -0.25) is 4.79 Å². The van der Waals surface area contributed by atoms with Crippen molar-refractivity contribution in [2.45, 2.75) is 6.92 Å². The number of anilines is 1. The molecule has 6 nitrogen and oxygen atoms in total. The Kier molecular flexibility index (Phi) is 4.48. The Morgan fingerprint density at radius 3 is 2.75 bits per heavy atom. The lowest BCUT2D eigenvalue weighted by Crippen LogP contribution is -2.12. The van der Waals surface area contributed by atoms with E-state index in [9.17, 15) is 4.79 Å². The van der Waals surface area contributed by atoms with Crippen molar-refractivity contribution in [3.63, 3.8) is 0 Å². The van der Waals surface area contributed by atoms with Gasteiger partial charge in [-0.25, -0.2) is 4.63 Å². The maximum Gasteiger partial charge on any atom is 0.257 e. The Morgan fingerprint density at radius 1 is 1.21 bits per heavy atom. The SMILES string of the molecule is COc1ccc(-c2nonc2NC(=O)c2cccc(Cl)c2)c(C)c1. The van der Waals surface area contributed by atoms with Crippen LogP contribution in [-0.4, -0.2) is 23.3 Å². The van der Waals surface area contributed by atoms with Crippen LogP contribution in [0.3, 0.4) is 0 Å². The number of nitrogens with one attached hydrogen (secondary N) is 1. The van der Waals surface area contributed by atoms with E-state index in [0.717, 1.165) is 16.9 Å². The first-order valence-corrected chi connectivity index (χ1v) is 7.51. The molecule has 0 unspecified atom stereocenters. The highest BCUT2D eigenvalue weighted by molar-refractivity contribution is 6.31. The van der Waals surface area contributed by atoms with Gasteiger partial charge in [0.15, 0.2) is 5.69 Å². The number of benzene rings is 2. The molecule has 7 heteroatoms. The van der Waals surface area contributed by atoms with E-state index in [4.69, 9.17) is 21.0 Å². The number of carbonyl (C=O) groups is 1. The molecule has 0 aliphatic heterocycles. The molecule has 0 fully saturated rings. The maximum atomic E-state index is 12.3. The summed E-state index contributed by atoms with van der Waals surface area (Å²) in [6.45, 7) is 1.91. The first-order chi connectivity index (χ1) is 11.6. The summed E-state index contributed by atoms with van der Waals surface area (Å²) >= 11 is 5.91. The van der Waals surface area contributed by atoms with E-state index in [2.05, 4.69) is 15.6 Å². The Balaban J connectivity index is 1.90. The van der Waals surface area contributed by atoms with Crippen LogP contribution in [-0.2, 0) is 0 Å². The smallest absolute Gasteiger partial charge is 0.257 e. The van der Waals surface area contributed by atoms with Crippen molar-refractivity contribution in [1.29, 1.82) is 0 Å². The predicted molar refractivity (Wildman–Crippen MR) is 90.4 cm³/mol. The second-order valence-corrected chi connectivity index (χ2v) is 5.54. The number of aromatic nitrogens is 2. The number of ether oxygens (including phenoxy) is 1. The van der Waals surface area contributed by atoms with Gasteiger partial charge in [0.1, 0.15) is 5.75 Å². The van der Waals surface area contributed by atoms with E-state index in [0.29, 0.717) is 16.3 Å². The molecule has 0 saturated carbocycles. The number of nitrogens with zero attached hydrogens (tertiary/aromatic N) is 2. The quantitative estimate of drug-likeness (QED) is 0.775. The second-order valence-electron chi connectivity index (χ2n) is 5.11. The summed E-state index contributed by atoms with van der Waals surface area (Å²) in [6, 6.07) is 12.1. The van der Waals surface area contributed by atoms with Crippen molar-refractivity contribution in [2.75, 3.05) is 12.4 Å². The lowest BCUT2D eigenvalue weighted by Gasteiger charge is -2.07. The van der Waals surface area contributed by atoms with Crippen molar-refractivity contribution in [2.24, 2.45) is 0 Å². The predicted octanol–water partition coefficient (Wildman–Crippen LogP) is 3.96. The van der Waals surface area contributed by atoms with Gasteiger partial charge < -0.3 is 10.1 Å². The lowest BCUT2D eigenvalue weighted by atomic mass is 10.1. The molecule has 0 aliphatic rings. The molecule has 24 heavy (non-hydrogen) atoms. The molecule has 3 rings (SSSR count). The zero-order valence-corrected chi connectivity index (χ0v) is 13.8. The van der Waals surface area contributed by atoms with Crippen molar-refractivity contribution in [3.05, 3.63) is 58.6 Å². The zero-order valence-electron chi connectivity index (χ0n) is 13.0. The van der Waals surface area contributed by atoms with Crippen LogP contribution < -0.4 is 10.1 Å². The summed E-state index contributed by atoms with van der Waals surface area (Å²) in [5.74, 6) is 0.631. The standard InChI is InChI=1S/C17H14ClN3O3/c1-10-8-13(23-2)6-7-14(10)15-16(21-24-20-15)19-17(22)11-4-3-5-12(18)9-11/h3-9H,1-2H3,(H,19,21,22). The summed E-state index contributed by atoms with van der Waals surface area (Å²) in [7, 11) is 1.60. The van der Waals surface area contributed by atoms with Crippen LogP contribution in [0, 0.1) is 6.92 Å². The van der Waals surface area contributed by atoms with Gasteiger partial charge in [-0.2, -0.15) is 0 Å². The molecule has 1 amide bonds. The van der Waals surface area contributed by atoms with Crippen molar-refractivity contribution >= 4 is 23.3 Å². The first kappa shape index (κ1) is 16.0. The number of halogens is 1. The monoisotopic (exact) mass is 343 g/mol. The molecule has 122 valence electrons. The van der Waals surface area contributed by atoms with Crippen molar-refractivity contribution in [1.82, 2.24) is 10.3 Å². The Morgan fingerprint density at radius 2 is 2.04 bits per heavy atom. The Bertz CT molecular complexity index is 892. The minimum atomic E-state index is -0.347. The van der Waals surface area contributed by atoms with Crippen LogP contribution in [0.2, 0.25) is 5.02 Å². The first-order valence-electron chi connectivity index (χ1n) is 7.13. The van der Waals surface area contributed by atoms with E-state index in [1.165, 1.54) is 0 Å². The highest BCUT2D eigenvalue weighted by atomic mass is 35.5. The molecule has 1 aromatic heterocycles. The number of hydrogen-bond donors (Lipinski definition) is 1. The fourth-order valence-corrected chi connectivity index (χ4v) is 2.48. The topological polar surface area (TPSA) is 77.2 Å². The van der Waals surface area contributed by atoms with E-state index in [1.54, 1.807) is 37.4 Å². The van der Waals surface area contributed by atoms with Gasteiger partial charge >= 0.3 is 0 Å². The van der Waals surface area contributed by atoms with Crippen molar-refractivity contribution in [3.8, 4) is 17.0 Å².